The van der Waals surface area contributed by atoms with Gasteiger partial charge in [0.15, 0.2) is 0 Å². The minimum atomic E-state index is -0.620. The van der Waals surface area contributed by atoms with Gasteiger partial charge in [-0.3, -0.25) is 4.79 Å². The minimum Gasteiger partial charge on any atom is -0.491 e. The lowest BCUT2D eigenvalue weighted by Gasteiger charge is -2.24. The molecule has 1 rings (SSSR count). The molecule has 0 aliphatic carbocycles. The lowest BCUT2D eigenvalue weighted by atomic mass is 9.92. The Bertz CT molecular complexity index is 461. The quantitative estimate of drug-likeness (QED) is 0.671. The highest BCUT2D eigenvalue weighted by molar-refractivity contribution is 5.81. The summed E-state index contributed by atoms with van der Waals surface area (Å²) in [6, 6.07) is 7.69. The van der Waals surface area contributed by atoms with E-state index in [-0.39, 0.29) is 12.5 Å². The molecular weight excluding hydrogens is 268 g/mol. The van der Waals surface area contributed by atoms with E-state index >= 15 is 0 Å². The van der Waals surface area contributed by atoms with Gasteiger partial charge >= 0.3 is 0 Å². The molecule has 5 heteroatoms. The van der Waals surface area contributed by atoms with Crippen LogP contribution in [0, 0.1) is 12.3 Å². The molecule has 1 atom stereocenters. The molecule has 0 saturated carbocycles. The number of aliphatic hydroxyl groups is 1. The van der Waals surface area contributed by atoms with Crippen LogP contribution in [0.4, 0.5) is 0 Å². The summed E-state index contributed by atoms with van der Waals surface area (Å²) in [5.41, 5.74) is 0.532. The average molecular weight is 294 g/mol. The Morgan fingerprint density at radius 3 is 2.67 bits per heavy atom. The molecule has 0 heterocycles. The van der Waals surface area contributed by atoms with Gasteiger partial charge in [0, 0.05) is 20.1 Å². The summed E-state index contributed by atoms with van der Waals surface area (Å²) < 4.78 is 5.58. The lowest BCUT2D eigenvalue weighted by molar-refractivity contribution is -0.128. The van der Waals surface area contributed by atoms with Gasteiger partial charge in [0.25, 0.3) is 0 Å². The van der Waals surface area contributed by atoms with Crippen molar-refractivity contribution in [2.24, 2.45) is 5.41 Å². The van der Waals surface area contributed by atoms with Crippen molar-refractivity contribution in [3.63, 3.8) is 0 Å². The summed E-state index contributed by atoms with van der Waals surface area (Å²) in [4.78, 5) is 11.6. The van der Waals surface area contributed by atoms with Crippen molar-refractivity contribution >= 4 is 5.91 Å². The van der Waals surface area contributed by atoms with Crippen LogP contribution in [0.1, 0.15) is 19.4 Å². The lowest BCUT2D eigenvalue weighted by Crippen LogP contribution is -2.44. The Balaban J connectivity index is 2.30. The summed E-state index contributed by atoms with van der Waals surface area (Å²) in [6.45, 7) is 6.77. The molecule has 0 aliphatic rings. The van der Waals surface area contributed by atoms with Gasteiger partial charge in [0.1, 0.15) is 18.5 Å². The van der Waals surface area contributed by atoms with Gasteiger partial charge in [-0.05, 0) is 32.4 Å². The van der Waals surface area contributed by atoms with Crippen LogP contribution in [-0.4, -0.2) is 43.9 Å². The van der Waals surface area contributed by atoms with E-state index in [1.807, 2.05) is 45.0 Å². The molecule has 118 valence electrons. The number of para-hydroxylation sites is 1. The number of carbonyl (C=O) groups is 1. The van der Waals surface area contributed by atoms with Crippen LogP contribution in [0.15, 0.2) is 24.3 Å². The molecule has 1 unspecified atom stereocenters. The smallest absolute Gasteiger partial charge is 0.226 e. The van der Waals surface area contributed by atoms with Crippen LogP contribution in [0.2, 0.25) is 0 Å². The molecule has 0 aromatic heterocycles. The molecule has 0 bridgehead atoms. The number of nitrogens with one attached hydrogen (secondary N) is 2. The van der Waals surface area contributed by atoms with E-state index in [0.29, 0.717) is 13.1 Å². The third-order valence-electron chi connectivity index (χ3n) is 3.31. The van der Waals surface area contributed by atoms with Crippen LogP contribution >= 0.6 is 0 Å². The molecule has 1 amide bonds. The summed E-state index contributed by atoms with van der Waals surface area (Å²) in [5.74, 6) is 0.753. The maximum Gasteiger partial charge on any atom is 0.226 e. The Morgan fingerprint density at radius 1 is 1.38 bits per heavy atom. The first-order valence-electron chi connectivity index (χ1n) is 7.16. The minimum absolute atomic E-state index is 0.0272. The fourth-order valence-electron chi connectivity index (χ4n) is 1.93. The van der Waals surface area contributed by atoms with Gasteiger partial charge in [-0.25, -0.2) is 0 Å². The fraction of sp³-hybridized carbons (Fsp3) is 0.562. The molecule has 0 aliphatic heterocycles. The average Bonchev–Trinajstić information content (AvgIpc) is 2.45. The van der Waals surface area contributed by atoms with Gasteiger partial charge in [-0.1, -0.05) is 18.2 Å². The maximum atomic E-state index is 11.6. The van der Waals surface area contributed by atoms with Gasteiger partial charge in [-0.2, -0.15) is 0 Å². The second kappa shape index (κ2) is 8.00. The highest BCUT2D eigenvalue weighted by atomic mass is 16.5. The third kappa shape index (κ3) is 5.73. The first-order chi connectivity index (χ1) is 9.86. The van der Waals surface area contributed by atoms with Gasteiger partial charge in [0.2, 0.25) is 5.91 Å². The number of aliphatic hydroxyl groups excluding tert-OH is 1. The molecule has 3 N–H and O–H groups in total. The van der Waals surface area contributed by atoms with Crippen molar-refractivity contribution in [3.05, 3.63) is 29.8 Å². The Hall–Kier alpha value is -1.59. The molecular formula is C16H26N2O3. The Kier molecular flexibility index (Phi) is 6.65. The molecule has 5 nitrogen and oxygen atoms in total. The van der Waals surface area contributed by atoms with Crippen LogP contribution in [0.25, 0.3) is 0 Å². The zero-order valence-electron chi connectivity index (χ0n) is 13.3. The van der Waals surface area contributed by atoms with Crippen LogP contribution < -0.4 is 15.4 Å². The van der Waals surface area contributed by atoms with E-state index in [0.717, 1.165) is 11.3 Å². The van der Waals surface area contributed by atoms with Gasteiger partial charge in [0.05, 0.1) is 5.41 Å². The van der Waals surface area contributed by atoms with Gasteiger partial charge in [-0.15, -0.1) is 0 Å². The van der Waals surface area contributed by atoms with E-state index in [4.69, 9.17) is 4.74 Å². The van der Waals surface area contributed by atoms with Crippen molar-refractivity contribution in [1.29, 1.82) is 0 Å². The number of amides is 1. The van der Waals surface area contributed by atoms with E-state index in [9.17, 15) is 9.90 Å². The molecule has 21 heavy (non-hydrogen) atoms. The molecule has 0 spiro atoms. The SMILES string of the molecule is CNC(=O)C(C)(C)CNCC(O)COc1ccccc1C. The van der Waals surface area contributed by atoms with Crippen LogP contribution in [0.5, 0.6) is 5.75 Å². The van der Waals surface area contributed by atoms with E-state index in [1.54, 1.807) is 7.05 Å². The summed E-state index contributed by atoms with van der Waals surface area (Å²) in [6.07, 6.45) is -0.620. The van der Waals surface area contributed by atoms with Crippen molar-refractivity contribution in [2.75, 3.05) is 26.7 Å². The highest BCUT2D eigenvalue weighted by Crippen LogP contribution is 2.16. The van der Waals surface area contributed by atoms with E-state index in [2.05, 4.69) is 10.6 Å². The normalized spacial score (nSPS) is 12.8. The van der Waals surface area contributed by atoms with Gasteiger partial charge < -0.3 is 20.5 Å². The number of rotatable bonds is 8. The maximum absolute atomic E-state index is 11.6. The van der Waals surface area contributed by atoms with Crippen molar-refractivity contribution in [1.82, 2.24) is 10.6 Å². The molecule has 0 saturated heterocycles. The fourth-order valence-corrected chi connectivity index (χ4v) is 1.93. The zero-order chi connectivity index (χ0) is 15.9. The summed E-state index contributed by atoms with van der Waals surface area (Å²) >= 11 is 0. The first kappa shape index (κ1) is 17.5. The van der Waals surface area contributed by atoms with Crippen LogP contribution in [-0.2, 0) is 4.79 Å². The van der Waals surface area contributed by atoms with E-state index in [1.165, 1.54) is 0 Å². The van der Waals surface area contributed by atoms with Crippen molar-refractivity contribution in [3.8, 4) is 5.75 Å². The van der Waals surface area contributed by atoms with Crippen molar-refractivity contribution < 1.29 is 14.6 Å². The monoisotopic (exact) mass is 294 g/mol. The largest absolute Gasteiger partial charge is 0.491 e. The second-order valence-corrected chi connectivity index (χ2v) is 5.82. The predicted molar refractivity (Wildman–Crippen MR) is 83.4 cm³/mol. The Labute approximate surface area is 126 Å². The zero-order valence-corrected chi connectivity index (χ0v) is 13.3. The third-order valence-corrected chi connectivity index (χ3v) is 3.31. The first-order valence-corrected chi connectivity index (χ1v) is 7.16. The topological polar surface area (TPSA) is 70.6 Å². The number of hydrogen-bond donors (Lipinski definition) is 3. The molecule has 1 aromatic carbocycles. The van der Waals surface area contributed by atoms with Crippen LogP contribution in [0.3, 0.4) is 0 Å². The number of carbonyl (C=O) groups excluding carboxylic acids is 1. The standard InChI is InChI=1S/C16H26N2O3/c1-12-7-5-6-8-14(12)21-10-13(19)9-18-11-16(2,3)15(20)17-4/h5-8,13,18-19H,9-11H2,1-4H3,(H,17,20). The Morgan fingerprint density at radius 2 is 2.05 bits per heavy atom. The number of hydrogen-bond acceptors (Lipinski definition) is 4. The predicted octanol–water partition coefficient (Wildman–Crippen LogP) is 1.10. The molecule has 0 fully saturated rings. The number of aryl methyl sites for hydroxylation is 1. The highest BCUT2D eigenvalue weighted by Gasteiger charge is 2.26. The number of ether oxygens (including phenoxy) is 1. The molecule has 1 aromatic rings. The summed E-state index contributed by atoms with van der Waals surface area (Å²) in [7, 11) is 1.62. The van der Waals surface area contributed by atoms with E-state index < -0.39 is 11.5 Å². The second-order valence-electron chi connectivity index (χ2n) is 5.82. The number of benzene rings is 1. The molecule has 0 radical (unpaired) electrons. The summed E-state index contributed by atoms with van der Waals surface area (Å²) in [5, 5.41) is 15.6. The van der Waals surface area contributed by atoms with Crippen molar-refractivity contribution in [2.45, 2.75) is 26.9 Å².